The molecule has 0 aliphatic rings. The molecule has 1 unspecified atom stereocenters. The van der Waals surface area contributed by atoms with E-state index in [-0.39, 0.29) is 18.6 Å². The summed E-state index contributed by atoms with van der Waals surface area (Å²) in [6.07, 6.45) is 1.04. The molecule has 1 N–H and O–H groups in total. The number of nitriles is 1. The molecular weight excluding hydrogens is 352 g/mol. The van der Waals surface area contributed by atoms with Crippen molar-refractivity contribution in [1.82, 2.24) is 5.32 Å². The normalized spacial score (nSPS) is 11.6. The van der Waals surface area contributed by atoms with E-state index in [1.54, 1.807) is 18.2 Å². The maximum atomic E-state index is 12.3. The Hall–Kier alpha value is -3.00. The van der Waals surface area contributed by atoms with E-state index in [0.29, 0.717) is 29.6 Å². The fraction of sp³-hybridized carbons (Fsp3) is 0.391. The van der Waals surface area contributed by atoms with Gasteiger partial charge in [-0.25, -0.2) is 0 Å². The molecule has 0 aromatic heterocycles. The fourth-order valence-corrected chi connectivity index (χ4v) is 2.89. The van der Waals surface area contributed by atoms with Crippen LogP contribution in [-0.4, -0.2) is 19.1 Å². The summed E-state index contributed by atoms with van der Waals surface area (Å²) in [7, 11) is 0. The molecule has 0 saturated heterocycles. The number of benzene rings is 2. The zero-order chi connectivity index (χ0) is 20.5. The minimum Gasteiger partial charge on any atom is -0.490 e. The smallest absolute Gasteiger partial charge is 0.258 e. The van der Waals surface area contributed by atoms with Gasteiger partial charge in [0.15, 0.2) is 18.1 Å². The average molecular weight is 380 g/mol. The van der Waals surface area contributed by atoms with Gasteiger partial charge in [0.05, 0.1) is 24.3 Å². The number of carbonyl (C=O) groups is 1. The fourth-order valence-electron chi connectivity index (χ4n) is 2.89. The average Bonchev–Trinajstić information content (AvgIpc) is 2.67. The Bertz CT molecular complexity index is 823. The van der Waals surface area contributed by atoms with Crippen LogP contribution in [0.25, 0.3) is 0 Å². The largest absolute Gasteiger partial charge is 0.490 e. The van der Waals surface area contributed by atoms with E-state index >= 15 is 0 Å². The molecule has 2 rings (SSSR count). The van der Waals surface area contributed by atoms with Crippen LogP contribution >= 0.6 is 0 Å². The van der Waals surface area contributed by atoms with Gasteiger partial charge in [0.25, 0.3) is 5.91 Å². The first-order valence-corrected chi connectivity index (χ1v) is 9.60. The van der Waals surface area contributed by atoms with Crippen LogP contribution in [-0.2, 0) is 11.2 Å². The van der Waals surface area contributed by atoms with Gasteiger partial charge in [-0.3, -0.25) is 4.79 Å². The van der Waals surface area contributed by atoms with E-state index in [2.05, 4.69) is 49.5 Å². The third kappa shape index (κ3) is 6.31. The van der Waals surface area contributed by atoms with E-state index in [0.717, 1.165) is 12.0 Å². The topological polar surface area (TPSA) is 71.3 Å². The molecule has 0 bridgehead atoms. The first-order valence-electron chi connectivity index (χ1n) is 9.60. The molecule has 148 valence electrons. The van der Waals surface area contributed by atoms with Crippen molar-refractivity contribution in [1.29, 1.82) is 5.26 Å². The molecule has 0 aliphatic carbocycles. The highest BCUT2D eigenvalue weighted by molar-refractivity contribution is 5.78. The summed E-state index contributed by atoms with van der Waals surface area (Å²) < 4.78 is 11.1. The van der Waals surface area contributed by atoms with E-state index in [1.807, 2.05) is 13.8 Å². The molecule has 0 spiro atoms. The van der Waals surface area contributed by atoms with Gasteiger partial charge in [0.2, 0.25) is 0 Å². The van der Waals surface area contributed by atoms with Crippen LogP contribution < -0.4 is 14.8 Å². The lowest BCUT2D eigenvalue weighted by Gasteiger charge is -2.16. The van der Waals surface area contributed by atoms with Gasteiger partial charge in [0, 0.05) is 6.07 Å². The van der Waals surface area contributed by atoms with Crippen molar-refractivity contribution >= 4 is 5.91 Å². The van der Waals surface area contributed by atoms with Gasteiger partial charge < -0.3 is 14.8 Å². The number of nitrogens with one attached hydrogen (secondary N) is 1. The van der Waals surface area contributed by atoms with Crippen molar-refractivity contribution in [2.75, 3.05) is 13.2 Å². The Morgan fingerprint density at radius 3 is 2.39 bits per heavy atom. The zero-order valence-electron chi connectivity index (χ0n) is 17.0. The van der Waals surface area contributed by atoms with Gasteiger partial charge in [-0.05, 0) is 49.4 Å². The summed E-state index contributed by atoms with van der Waals surface area (Å²) in [5, 5.41) is 11.9. The summed E-state index contributed by atoms with van der Waals surface area (Å²) in [6, 6.07) is 15.2. The van der Waals surface area contributed by atoms with Crippen LogP contribution in [0.2, 0.25) is 0 Å². The molecule has 0 radical (unpaired) electrons. The molecule has 1 amide bonds. The van der Waals surface area contributed by atoms with Crippen LogP contribution in [0, 0.1) is 17.2 Å². The van der Waals surface area contributed by atoms with Crippen molar-refractivity contribution in [3.63, 3.8) is 0 Å². The summed E-state index contributed by atoms with van der Waals surface area (Å²) in [5.41, 5.74) is 2.83. The Kier molecular flexibility index (Phi) is 7.88. The Morgan fingerprint density at radius 2 is 1.79 bits per heavy atom. The minimum atomic E-state index is -0.217. The third-order valence-electron chi connectivity index (χ3n) is 4.23. The van der Waals surface area contributed by atoms with Crippen molar-refractivity contribution in [3.05, 3.63) is 59.2 Å². The highest BCUT2D eigenvalue weighted by atomic mass is 16.5. The Labute approximate surface area is 167 Å². The lowest BCUT2D eigenvalue weighted by Crippen LogP contribution is -2.31. The van der Waals surface area contributed by atoms with Crippen molar-refractivity contribution in [2.24, 2.45) is 5.92 Å². The minimum absolute atomic E-state index is 0.114. The molecule has 0 saturated carbocycles. The summed E-state index contributed by atoms with van der Waals surface area (Å²) in [6.45, 7) is 8.51. The first-order chi connectivity index (χ1) is 13.4. The zero-order valence-corrected chi connectivity index (χ0v) is 17.0. The van der Waals surface area contributed by atoms with E-state index in [4.69, 9.17) is 14.7 Å². The van der Waals surface area contributed by atoms with Gasteiger partial charge in [-0.2, -0.15) is 5.26 Å². The monoisotopic (exact) mass is 380 g/mol. The van der Waals surface area contributed by atoms with E-state index in [1.165, 1.54) is 5.56 Å². The highest BCUT2D eigenvalue weighted by Gasteiger charge is 2.13. The predicted octanol–water partition coefficient (Wildman–Crippen LogP) is 4.41. The van der Waals surface area contributed by atoms with E-state index in [9.17, 15) is 4.79 Å². The number of carbonyl (C=O) groups excluding carboxylic acids is 1. The van der Waals surface area contributed by atoms with Crippen molar-refractivity contribution in [3.8, 4) is 17.6 Å². The molecule has 2 aromatic rings. The van der Waals surface area contributed by atoms with Gasteiger partial charge >= 0.3 is 0 Å². The lowest BCUT2D eigenvalue weighted by atomic mass is 10.00. The predicted molar refractivity (Wildman–Crippen MR) is 109 cm³/mol. The second kappa shape index (κ2) is 10.4. The number of hydrogen-bond donors (Lipinski definition) is 1. The Morgan fingerprint density at radius 1 is 1.07 bits per heavy atom. The van der Waals surface area contributed by atoms with Crippen molar-refractivity contribution in [2.45, 2.75) is 40.2 Å². The van der Waals surface area contributed by atoms with Gasteiger partial charge in [0.1, 0.15) is 0 Å². The van der Waals surface area contributed by atoms with Gasteiger partial charge in [-0.15, -0.1) is 0 Å². The number of nitrogens with zero attached hydrogens (tertiary/aromatic N) is 1. The second-order valence-electron chi connectivity index (χ2n) is 7.12. The number of rotatable bonds is 9. The standard InChI is InChI=1S/C23H28N2O3/c1-5-27-22-13-19(14-24)8-11-21(22)28-15-23(26)25-17(4)20-9-6-18(7-10-20)12-16(2)3/h6-11,13,16-17H,5,12,15H2,1-4H3,(H,25,26). The quantitative estimate of drug-likeness (QED) is 0.699. The molecule has 0 aliphatic heterocycles. The first kappa shape index (κ1) is 21.3. The van der Waals surface area contributed by atoms with E-state index < -0.39 is 0 Å². The summed E-state index contributed by atoms with van der Waals surface area (Å²) in [5.74, 6) is 1.30. The van der Waals surface area contributed by atoms with Crippen LogP contribution in [0.3, 0.4) is 0 Å². The molecule has 1 atom stereocenters. The van der Waals surface area contributed by atoms with Gasteiger partial charge in [-0.1, -0.05) is 38.1 Å². The summed E-state index contributed by atoms with van der Waals surface area (Å²) in [4.78, 5) is 12.3. The van der Waals surface area contributed by atoms with Crippen LogP contribution in [0.1, 0.15) is 50.4 Å². The van der Waals surface area contributed by atoms with Crippen LogP contribution in [0.5, 0.6) is 11.5 Å². The second-order valence-corrected chi connectivity index (χ2v) is 7.12. The number of hydrogen-bond acceptors (Lipinski definition) is 4. The Balaban J connectivity index is 1.92. The number of ether oxygens (including phenoxy) is 2. The van der Waals surface area contributed by atoms with Crippen LogP contribution in [0.15, 0.2) is 42.5 Å². The summed E-state index contributed by atoms with van der Waals surface area (Å²) >= 11 is 0. The molecule has 0 heterocycles. The van der Waals surface area contributed by atoms with Crippen LogP contribution in [0.4, 0.5) is 0 Å². The molecule has 5 heteroatoms. The molecule has 28 heavy (non-hydrogen) atoms. The highest BCUT2D eigenvalue weighted by Crippen LogP contribution is 2.28. The molecular formula is C23H28N2O3. The molecule has 5 nitrogen and oxygen atoms in total. The number of amides is 1. The van der Waals surface area contributed by atoms with Crippen molar-refractivity contribution < 1.29 is 14.3 Å². The maximum Gasteiger partial charge on any atom is 0.258 e. The lowest BCUT2D eigenvalue weighted by molar-refractivity contribution is -0.123. The maximum absolute atomic E-state index is 12.3. The third-order valence-corrected chi connectivity index (χ3v) is 4.23. The molecule has 0 fully saturated rings. The SMILES string of the molecule is CCOc1cc(C#N)ccc1OCC(=O)NC(C)c1ccc(CC(C)C)cc1. The molecule has 2 aromatic carbocycles.